The number of halogens is 3. The van der Waals surface area contributed by atoms with Crippen molar-refractivity contribution in [2.75, 3.05) is 11.9 Å². The third kappa shape index (κ3) is 6.11. The fourth-order valence-electron chi connectivity index (χ4n) is 4.10. The van der Waals surface area contributed by atoms with Gasteiger partial charge in [-0.05, 0) is 72.4 Å². The number of anilines is 1. The second-order valence-corrected chi connectivity index (χ2v) is 8.03. The van der Waals surface area contributed by atoms with Crippen LogP contribution in [0.4, 0.5) is 23.7 Å². The van der Waals surface area contributed by atoms with Gasteiger partial charge in [0, 0.05) is 17.3 Å². The van der Waals surface area contributed by atoms with Crippen molar-refractivity contribution in [1.82, 2.24) is 5.32 Å². The maximum Gasteiger partial charge on any atom is 0.573 e. The summed E-state index contributed by atoms with van der Waals surface area (Å²) < 4.78 is 46.2. The second-order valence-electron chi connectivity index (χ2n) is 8.03. The minimum atomic E-state index is -4.77. The average molecular weight is 484 g/mol. The number of benzene rings is 3. The highest BCUT2D eigenvalue weighted by Gasteiger charge is 2.31. The van der Waals surface area contributed by atoms with Crippen LogP contribution in [0.2, 0.25) is 0 Å². The molecule has 9 heteroatoms. The summed E-state index contributed by atoms with van der Waals surface area (Å²) in [6, 6.07) is 17.7. The first-order valence-corrected chi connectivity index (χ1v) is 11.0. The number of rotatable bonds is 6. The molecule has 0 radical (unpaired) electrons. The third-order valence-corrected chi connectivity index (χ3v) is 5.56. The summed E-state index contributed by atoms with van der Waals surface area (Å²) in [7, 11) is 0. The van der Waals surface area contributed by atoms with Gasteiger partial charge in [0.15, 0.2) is 0 Å². The maximum absolute atomic E-state index is 13.1. The molecular weight excluding hydrogens is 461 g/mol. The molecule has 0 aliphatic heterocycles. The predicted octanol–water partition coefficient (Wildman–Crippen LogP) is 5.72. The number of carbonyl (C=O) groups is 2. The molecule has 1 aliphatic carbocycles. The van der Waals surface area contributed by atoms with Crippen LogP contribution in [0.25, 0.3) is 11.1 Å². The van der Waals surface area contributed by atoms with Gasteiger partial charge in [-0.15, -0.1) is 13.2 Å². The second kappa shape index (κ2) is 10.1. The highest BCUT2D eigenvalue weighted by Crippen LogP contribution is 2.30. The van der Waals surface area contributed by atoms with Crippen LogP contribution in [-0.4, -0.2) is 31.0 Å². The van der Waals surface area contributed by atoms with Crippen molar-refractivity contribution in [2.45, 2.75) is 32.2 Å². The molecule has 3 aromatic carbocycles. The van der Waals surface area contributed by atoms with Crippen molar-refractivity contribution in [3.05, 3.63) is 83.4 Å². The fraction of sp³-hybridized carbons (Fsp3) is 0.231. The van der Waals surface area contributed by atoms with E-state index in [4.69, 9.17) is 4.74 Å². The largest absolute Gasteiger partial charge is 0.573 e. The molecule has 0 saturated heterocycles. The van der Waals surface area contributed by atoms with Crippen LogP contribution in [-0.2, 0) is 17.6 Å². The minimum Gasteiger partial charge on any atom is -0.450 e. The zero-order valence-electron chi connectivity index (χ0n) is 18.8. The Morgan fingerprint density at radius 2 is 1.69 bits per heavy atom. The Bertz CT molecular complexity index is 1230. The number of alkyl carbamates (subject to hydrolysis) is 1. The van der Waals surface area contributed by atoms with Gasteiger partial charge in [0.1, 0.15) is 5.75 Å². The molecule has 35 heavy (non-hydrogen) atoms. The third-order valence-electron chi connectivity index (χ3n) is 5.56. The van der Waals surface area contributed by atoms with Gasteiger partial charge in [0.2, 0.25) is 0 Å². The molecular formula is C26H23F3N2O4. The summed E-state index contributed by atoms with van der Waals surface area (Å²) in [5, 5.41) is 5.73. The van der Waals surface area contributed by atoms with Crippen molar-refractivity contribution in [3.8, 4) is 16.9 Å². The number of alkyl halides is 3. The number of nitrogens with one attached hydrogen (secondary N) is 2. The van der Waals surface area contributed by atoms with E-state index < -0.39 is 12.5 Å². The van der Waals surface area contributed by atoms with Gasteiger partial charge in [-0.3, -0.25) is 4.79 Å². The van der Waals surface area contributed by atoms with E-state index >= 15 is 0 Å². The van der Waals surface area contributed by atoms with E-state index in [0.717, 1.165) is 11.1 Å². The molecule has 2 N–H and O–H groups in total. The Morgan fingerprint density at radius 3 is 2.40 bits per heavy atom. The van der Waals surface area contributed by atoms with E-state index in [1.807, 2.05) is 12.1 Å². The van der Waals surface area contributed by atoms with Crippen LogP contribution in [0.3, 0.4) is 0 Å². The topological polar surface area (TPSA) is 76.7 Å². The normalized spacial score (nSPS) is 14.7. The Hall–Kier alpha value is -4.01. The Morgan fingerprint density at radius 1 is 0.971 bits per heavy atom. The first-order valence-electron chi connectivity index (χ1n) is 11.0. The van der Waals surface area contributed by atoms with Gasteiger partial charge in [0.25, 0.3) is 5.91 Å². The van der Waals surface area contributed by atoms with Crippen LogP contribution in [0.5, 0.6) is 5.75 Å². The van der Waals surface area contributed by atoms with Gasteiger partial charge < -0.3 is 20.1 Å². The SMILES string of the molecule is CCOC(=O)NC1Cc2ccc(NC(=O)c3ccccc3-c3ccc(OC(F)(F)F)cc3)cc2C1. The smallest absolute Gasteiger partial charge is 0.450 e. The van der Waals surface area contributed by atoms with E-state index in [2.05, 4.69) is 15.4 Å². The lowest BCUT2D eigenvalue weighted by atomic mass is 9.99. The number of ether oxygens (including phenoxy) is 2. The quantitative estimate of drug-likeness (QED) is 0.469. The van der Waals surface area contributed by atoms with Gasteiger partial charge in [-0.1, -0.05) is 36.4 Å². The number of fused-ring (bicyclic) bond motifs is 1. The first-order chi connectivity index (χ1) is 16.7. The van der Waals surface area contributed by atoms with Crippen LogP contribution >= 0.6 is 0 Å². The molecule has 0 saturated carbocycles. The van der Waals surface area contributed by atoms with Gasteiger partial charge >= 0.3 is 12.5 Å². The number of carbonyl (C=O) groups excluding carboxylic acids is 2. The van der Waals surface area contributed by atoms with Crippen molar-refractivity contribution in [2.24, 2.45) is 0 Å². The van der Waals surface area contributed by atoms with Gasteiger partial charge in [-0.2, -0.15) is 0 Å². The first kappa shape index (κ1) is 24.1. The monoisotopic (exact) mass is 484 g/mol. The van der Waals surface area contributed by atoms with Crippen LogP contribution in [0, 0.1) is 0 Å². The Labute approximate surface area is 200 Å². The highest BCUT2D eigenvalue weighted by atomic mass is 19.4. The molecule has 182 valence electrons. The minimum absolute atomic E-state index is 0.0694. The molecule has 0 fully saturated rings. The highest BCUT2D eigenvalue weighted by molar-refractivity contribution is 6.08. The van der Waals surface area contributed by atoms with Gasteiger partial charge in [0.05, 0.1) is 6.61 Å². The summed E-state index contributed by atoms with van der Waals surface area (Å²) in [6.45, 7) is 2.04. The van der Waals surface area contributed by atoms with E-state index in [1.54, 1.807) is 37.3 Å². The summed E-state index contributed by atoms with van der Waals surface area (Å²) in [5.74, 6) is -0.688. The Kier molecular flexibility index (Phi) is 6.95. The van der Waals surface area contributed by atoms with E-state index in [0.29, 0.717) is 41.8 Å². The molecule has 1 unspecified atom stereocenters. The molecule has 4 rings (SSSR count). The number of amides is 2. The molecule has 0 spiro atoms. The maximum atomic E-state index is 13.1. The summed E-state index contributed by atoms with van der Waals surface area (Å²) in [6.07, 6.45) is -3.92. The lowest BCUT2D eigenvalue weighted by molar-refractivity contribution is -0.274. The lowest BCUT2D eigenvalue weighted by Gasteiger charge is -2.13. The summed E-state index contributed by atoms with van der Waals surface area (Å²) >= 11 is 0. The Balaban J connectivity index is 1.47. The molecule has 3 aromatic rings. The van der Waals surface area contributed by atoms with Crippen molar-refractivity contribution >= 4 is 17.7 Å². The number of hydrogen-bond donors (Lipinski definition) is 2. The van der Waals surface area contributed by atoms with Crippen molar-refractivity contribution < 1.29 is 32.2 Å². The van der Waals surface area contributed by atoms with Crippen molar-refractivity contribution in [1.29, 1.82) is 0 Å². The molecule has 0 heterocycles. The van der Waals surface area contributed by atoms with Crippen LogP contribution < -0.4 is 15.4 Å². The predicted molar refractivity (Wildman–Crippen MR) is 124 cm³/mol. The number of hydrogen-bond acceptors (Lipinski definition) is 4. The molecule has 0 aromatic heterocycles. The molecule has 2 amide bonds. The molecule has 6 nitrogen and oxygen atoms in total. The zero-order chi connectivity index (χ0) is 25.0. The zero-order valence-corrected chi connectivity index (χ0v) is 18.8. The molecule has 1 aliphatic rings. The van der Waals surface area contributed by atoms with Crippen molar-refractivity contribution in [3.63, 3.8) is 0 Å². The van der Waals surface area contributed by atoms with E-state index in [9.17, 15) is 22.8 Å². The lowest BCUT2D eigenvalue weighted by Crippen LogP contribution is -2.35. The van der Waals surface area contributed by atoms with E-state index in [-0.39, 0.29) is 17.7 Å². The van der Waals surface area contributed by atoms with Crippen LogP contribution in [0.1, 0.15) is 28.4 Å². The standard InChI is InChI=1S/C26H23F3N2O4/c1-2-34-25(33)31-20-13-17-7-10-19(14-18(17)15-20)30-24(32)23-6-4-3-5-22(23)16-8-11-21(12-9-16)35-26(27,28)29/h3-12,14,20H,2,13,15H2,1H3,(H,30,32)(H,31,33). The molecule has 1 atom stereocenters. The summed E-state index contributed by atoms with van der Waals surface area (Å²) in [5.41, 5.74) is 4.24. The average Bonchev–Trinajstić information content (AvgIpc) is 3.20. The molecule has 0 bridgehead atoms. The summed E-state index contributed by atoms with van der Waals surface area (Å²) in [4.78, 5) is 24.8. The van der Waals surface area contributed by atoms with Gasteiger partial charge in [-0.25, -0.2) is 4.79 Å². The van der Waals surface area contributed by atoms with E-state index in [1.165, 1.54) is 24.3 Å². The fourth-order valence-corrected chi connectivity index (χ4v) is 4.10. The van der Waals surface area contributed by atoms with Crippen LogP contribution in [0.15, 0.2) is 66.7 Å².